The Morgan fingerprint density at radius 3 is 2.74 bits per heavy atom. The molecule has 1 aliphatic rings. The van der Waals surface area contributed by atoms with Crippen molar-refractivity contribution in [3.8, 4) is 0 Å². The molecular formula is C15H13IN2O. The number of benzene rings is 2. The van der Waals surface area contributed by atoms with Gasteiger partial charge in [0.2, 0.25) is 0 Å². The summed E-state index contributed by atoms with van der Waals surface area (Å²) in [5.74, 6) is -0.0593. The van der Waals surface area contributed by atoms with E-state index in [1.54, 1.807) is 0 Å². The number of carbonyl (C=O) groups excluding carboxylic acids is 1. The molecule has 2 N–H and O–H groups in total. The Balaban J connectivity index is 1.78. The summed E-state index contributed by atoms with van der Waals surface area (Å²) < 4.78 is 1.15. The van der Waals surface area contributed by atoms with Crippen LogP contribution in [0.25, 0.3) is 0 Å². The molecule has 2 aromatic carbocycles. The van der Waals surface area contributed by atoms with Gasteiger partial charge in [0.15, 0.2) is 0 Å². The SMILES string of the molecule is O=C(Nc1ccc(I)cc1)c1ccc2c(c1)CCN2. The summed E-state index contributed by atoms with van der Waals surface area (Å²) in [5.41, 5.74) is 3.89. The standard InChI is InChI=1S/C15H13IN2O/c16-12-2-4-13(5-3-12)18-15(19)11-1-6-14-10(9-11)7-8-17-14/h1-6,9,17H,7-8H2,(H,18,19). The van der Waals surface area contributed by atoms with Crippen LogP contribution in [0, 0.1) is 3.57 Å². The predicted octanol–water partition coefficient (Wildman–Crippen LogP) is 3.51. The average molecular weight is 364 g/mol. The van der Waals surface area contributed by atoms with E-state index in [0.717, 1.165) is 27.9 Å². The zero-order chi connectivity index (χ0) is 13.2. The van der Waals surface area contributed by atoms with Crippen molar-refractivity contribution in [1.29, 1.82) is 0 Å². The van der Waals surface area contributed by atoms with E-state index in [2.05, 4.69) is 33.2 Å². The summed E-state index contributed by atoms with van der Waals surface area (Å²) in [4.78, 5) is 12.2. The summed E-state index contributed by atoms with van der Waals surface area (Å²) in [7, 11) is 0. The predicted molar refractivity (Wildman–Crippen MR) is 85.7 cm³/mol. The highest BCUT2D eigenvalue weighted by Crippen LogP contribution is 2.23. The van der Waals surface area contributed by atoms with Crippen LogP contribution in [0.3, 0.4) is 0 Å². The average Bonchev–Trinajstić information content (AvgIpc) is 2.88. The van der Waals surface area contributed by atoms with E-state index in [9.17, 15) is 4.79 Å². The van der Waals surface area contributed by atoms with Crippen LogP contribution >= 0.6 is 22.6 Å². The van der Waals surface area contributed by atoms with E-state index in [1.807, 2.05) is 42.5 Å². The van der Waals surface area contributed by atoms with Crippen LogP contribution in [0.4, 0.5) is 11.4 Å². The van der Waals surface area contributed by atoms with Crippen molar-refractivity contribution in [3.63, 3.8) is 0 Å². The van der Waals surface area contributed by atoms with Gasteiger partial charge in [0, 0.05) is 27.1 Å². The third kappa shape index (κ3) is 2.73. The zero-order valence-electron chi connectivity index (χ0n) is 10.2. The number of hydrogen-bond acceptors (Lipinski definition) is 2. The van der Waals surface area contributed by atoms with Gasteiger partial charge in [-0.15, -0.1) is 0 Å². The number of anilines is 2. The molecule has 0 aliphatic carbocycles. The Kier molecular flexibility index (Phi) is 3.42. The van der Waals surface area contributed by atoms with Crippen LogP contribution in [0.1, 0.15) is 15.9 Å². The maximum absolute atomic E-state index is 12.2. The Morgan fingerprint density at radius 1 is 1.16 bits per heavy atom. The van der Waals surface area contributed by atoms with Crippen molar-refractivity contribution in [3.05, 3.63) is 57.2 Å². The number of rotatable bonds is 2. The van der Waals surface area contributed by atoms with E-state index in [0.29, 0.717) is 5.56 Å². The van der Waals surface area contributed by atoms with Gasteiger partial charge in [-0.3, -0.25) is 4.79 Å². The first-order valence-electron chi connectivity index (χ1n) is 6.16. The van der Waals surface area contributed by atoms with Gasteiger partial charge in [0.05, 0.1) is 0 Å². The molecule has 0 saturated heterocycles. The van der Waals surface area contributed by atoms with Crippen LogP contribution in [0.2, 0.25) is 0 Å². The third-order valence-electron chi connectivity index (χ3n) is 3.18. The third-order valence-corrected chi connectivity index (χ3v) is 3.90. The van der Waals surface area contributed by atoms with Gasteiger partial charge in [0.1, 0.15) is 0 Å². The molecule has 3 rings (SSSR count). The number of nitrogens with one attached hydrogen (secondary N) is 2. The van der Waals surface area contributed by atoms with Gasteiger partial charge in [-0.1, -0.05) is 0 Å². The molecule has 4 heteroatoms. The fraction of sp³-hybridized carbons (Fsp3) is 0.133. The summed E-state index contributed by atoms with van der Waals surface area (Å²) in [6, 6.07) is 13.6. The Hall–Kier alpha value is -1.56. The summed E-state index contributed by atoms with van der Waals surface area (Å²) in [6.45, 7) is 0.956. The molecule has 0 bridgehead atoms. The second kappa shape index (κ2) is 5.21. The monoisotopic (exact) mass is 364 g/mol. The zero-order valence-corrected chi connectivity index (χ0v) is 12.4. The molecule has 0 spiro atoms. The Bertz CT molecular complexity index is 623. The van der Waals surface area contributed by atoms with Crippen LogP contribution in [0.5, 0.6) is 0 Å². The minimum Gasteiger partial charge on any atom is -0.384 e. The van der Waals surface area contributed by atoms with Crippen LogP contribution in [0.15, 0.2) is 42.5 Å². The Labute approximate surface area is 125 Å². The van der Waals surface area contributed by atoms with Gasteiger partial charge in [-0.05, 0) is 77.0 Å². The second-order valence-corrected chi connectivity index (χ2v) is 5.76. The molecular weight excluding hydrogens is 351 g/mol. The van der Waals surface area contributed by atoms with E-state index < -0.39 is 0 Å². The highest BCUT2D eigenvalue weighted by atomic mass is 127. The lowest BCUT2D eigenvalue weighted by Crippen LogP contribution is -2.12. The van der Waals surface area contributed by atoms with Crippen LogP contribution < -0.4 is 10.6 Å². The van der Waals surface area contributed by atoms with Gasteiger partial charge in [-0.2, -0.15) is 0 Å². The largest absolute Gasteiger partial charge is 0.384 e. The first kappa shape index (κ1) is 12.5. The molecule has 19 heavy (non-hydrogen) atoms. The lowest BCUT2D eigenvalue weighted by Gasteiger charge is -2.07. The smallest absolute Gasteiger partial charge is 0.255 e. The summed E-state index contributed by atoms with van der Waals surface area (Å²) in [6.07, 6.45) is 0.986. The van der Waals surface area contributed by atoms with Crippen molar-refractivity contribution in [1.82, 2.24) is 0 Å². The number of carbonyl (C=O) groups is 1. The quantitative estimate of drug-likeness (QED) is 0.801. The fourth-order valence-electron chi connectivity index (χ4n) is 2.18. The highest BCUT2D eigenvalue weighted by molar-refractivity contribution is 14.1. The van der Waals surface area contributed by atoms with E-state index >= 15 is 0 Å². The van der Waals surface area contributed by atoms with E-state index in [1.165, 1.54) is 5.56 Å². The van der Waals surface area contributed by atoms with Crippen LogP contribution in [-0.2, 0) is 6.42 Å². The van der Waals surface area contributed by atoms with Gasteiger partial charge >= 0.3 is 0 Å². The number of amides is 1. The van der Waals surface area contributed by atoms with Crippen LogP contribution in [-0.4, -0.2) is 12.5 Å². The van der Waals surface area contributed by atoms with Crippen molar-refractivity contribution >= 4 is 39.9 Å². The molecule has 0 saturated carbocycles. The second-order valence-electron chi connectivity index (χ2n) is 4.51. The van der Waals surface area contributed by atoms with Crippen molar-refractivity contribution in [2.75, 3.05) is 17.2 Å². The maximum atomic E-state index is 12.2. The van der Waals surface area contributed by atoms with E-state index in [4.69, 9.17) is 0 Å². The van der Waals surface area contributed by atoms with Crippen molar-refractivity contribution in [2.24, 2.45) is 0 Å². The molecule has 3 nitrogen and oxygen atoms in total. The molecule has 0 aromatic heterocycles. The molecule has 96 valence electrons. The van der Waals surface area contributed by atoms with Gasteiger partial charge in [-0.25, -0.2) is 0 Å². The first-order valence-corrected chi connectivity index (χ1v) is 7.24. The fourth-order valence-corrected chi connectivity index (χ4v) is 2.54. The molecule has 0 unspecified atom stereocenters. The molecule has 0 fully saturated rings. The van der Waals surface area contributed by atoms with Crippen molar-refractivity contribution < 1.29 is 4.79 Å². The van der Waals surface area contributed by atoms with Gasteiger partial charge < -0.3 is 10.6 Å². The van der Waals surface area contributed by atoms with E-state index in [-0.39, 0.29) is 5.91 Å². The normalized spacial score (nSPS) is 12.7. The molecule has 1 heterocycles. The summed E-state index contributed by atoms with van der Waals surface area (Å²) in [5, 5.41) is 6.20. The highest BCUT2D eigenvalue weighted by Gasteiger charge is 2.13. The molecule has 0 atom stereocenters. The molecule has 0 radical (unpaired) electrons. The number of halogens is 1. The lowest BCUT2D eigenvalue weighted by molar-refractivity contribution is 0.102. The molecule has 1 aliphatic heterocycles. The van der Waals surface area contributed by atoms with Gasteiger partial charge in [0.25, 0.3) is 5.91 Å². The topological polar surface area (TPSA) is 41.1 Å². The van der Waals surface area contributed by atoms with Crippen molar-refractivity contribution in [2.45, 2.75) is 6.42 Å². The lowest BCUT2D eigenvalue weighted by atomic mass is 10.1. The maximum Gasteiger partial charge on any atom is 0.255 e. The minimum absolute atomic E-state index is 0.0593. The molecule has 2 aromatic rings. The Morgan fingerprint density at radius 2 is 1.95 bits per heavy atom. The number of hydrogen-bond donors (Lipinski definition) is 2. The minimum atomic E-state index is -0.0593. The molecule has 1 amide bonds. The number of fused-ring (bicyclic) bond motifs is 1. The first-order chi connectivity index (χ1) is 9.22. The summed E-state index contributed by atoms with van der Waals surface area (Å²) >= 11 is 2.24.